The summed E-state index contributed by atoms with van der Waals surface area (Å²) in [6.45, 7) is 3.57. The molecule has 1 fully saturated rings. The van der Waals surface area contributed by atoms with Crippen LogP contribution in [0.2, 0.25) is 0 Å². The van der Waals surface area contributed by atoms with Crippen LogP contribution in [0.25, 0.3) is 21.8 Å². The van der Waals surface area contributed by atoms with Crippen molar-refractivity contribution in [1.82, 2.24) is 4.57 Å². The Hall–Kier alpha value is -4.13. The third-order valence-electron chi connectivity index (χ3n) is 6.49. The number of nitrogens with zero attached hydrogens (tertiary/aromatic N) is 2. The van der Waals surface area contributed by atoms with E-state index in [0.717, 1.165) is 24.3 Å². The van der Waals surface area contributed by atoms with Gasteiger partial charge in [-0.1, -0.05) is 24.3 Å². The van der Waals surface area contributed by atoms with Crippen molar-refractivity contribution in [3.05, 3.63) is 82.5 Å². The summed E-state index contributed by atoms with van der Waals surface area (Å²) < 4.78 is 7.05. The number of pyridine rings is 1. The maximum Gasteiger partial charge on any atom is 0.326 e. The minimum absolute atomic E-state index is 0.0775. The van der Waals surface area contributed by atoms with Crippen LogP contribution >= 0.6 is 0 Å². The first kappa shape index (κ1) is 22.7. The van der Waals surface area contributed by atoms with Gasteiger partial charge in [0.1, 0.15) is 6.54 Å². The predicted molar refractivity (Wildman–Crippen MR) is 138 cm³/mol. The summed E-state index contributed by atoms with van der Waals surface area (Å²) in [4.78, 5) is 40.4. The third kappa shape index (κ3) is 4.62. The van der Waals surface area contributed by atoms with Crippen LogP contribution in [-0.4, -0.2) is 36.1 Å². The molecule has 1 aliphatic rings. The number of ether oxygens (including phenoxy) is 1. The summed E-state index contributed by atoms with van der Waals surface area (Å²) in [5.41, 5.74) is 4.03. The van der Waals surface area contributed by atoms with Crippen molar-refractivity contribution in [2.75, 3.05) is 29.9 Å². The molecule has 1 aliphatic heterocycles. The Bertz CT molecular complexity index is 1430. The number of fused-ring (bicyclic) bond motifs is 2. The number of aromatic nitrogens is 1. The van der Waals surface area contributed by atoms with Crippen molar-refractivity contribution in [2.45, 2.75) is 26.3 Å². The number of hydrogen-bond acceptors (Lipinski definition) is 5. The van der Waals surface area contributed by atoms with E-state index in [4.69, 9.17) is 4.74 Å². The molecule has 0 unspecified atom stereocenters. The Morgan fingerprint density at radius 2 is 1.54 bits per heavy atom. The van der Waals surface area contributed by atoms with Crippen molar-refractivity contribution in [2.24, 2.45) is 0 Å². The van der Waals surface area contributed by atoms with Gasteiger partial charge in [0.15, 0.2) is 12.0 Å². The van der Waals surface area contributed by atoms with Crippen LogP contribution in [0.5, 0.6) is 0 Å². The molecular formula is C28H27N3O4. The molecule has 1 saturated heterocycles. The number of hydrogen-bond donors (Lipinski definition) is 1. The molecule has 7 nitrogen and oxygen atoms in total. The van der Waals surface area contributed by atoms with Gasteiger partial charge in [-0.25, -0.2) is 0 Å². The molecule has 35 heavy (non-hydrogen) atoms. The highest BCUT2D eigenvalue weighted by Gasteiger charge is 2.16. The van der Waals surface area contributed by atoms with Gasteiger partial charge >= 0.3 is 5.97 Å². The van der Waals surface area contributed by atoms with Gasteiger partial charge < -0.3 is 19.5 Å². The van der Waals surface area contributed by atoms with Crippen molar-refractivity contribution in [1.29, 1.82) is 0 Å². The Balaban J connectivity index is 1.27. The third-order valence-corrected chi connectivity index (χ3v) is 6.49. The number of anilines is 2. The van der Waals surface area contributed by atoms with Crippen LogP contribution in [0, 0.1) is 6.92 Å². The zero-order valence-electron chi connectivity index (χ0n) is 19.6. The first-order chi connectivity index (χ1) is 17.0. The molecule has 0 spiro atoms. The van der Waals surface area contributed by atoms with Crippen molar-refractivity contribution >= 4 is 45.1 Å². The average molecular weight is 470 g/mol. The van der Waals surface area contributed by atoms with Crippen LogP contribution < -0.4 is 15.6 Å². The fourth-order valence-corrected chi connectivity index (χ4v) is 4.71. The summed E-state index contributed by atoms with van der Waals surface area (Å²) in [6.07, 6.45) is 2.40. The number of amides is 1. The fraction of sp³-hybridized carbons (Fsp3) is 0.250. The van der Waals surface area contributed by atoms with E-state index in [1.54, 1.807) is 41.0 Å². The van der Waals surface area contributed by atoms with E-state index in [9.17, 15) is 14.4 Å². The lowest BCUT2D eigenvalue weighted by Gasteiger charge is -2.19. The normalized spacial score (nSPS) is 13.3. The number of aryl methyl sites for hydroxylation is 1. The lowest BCUT2D eigenvalue weighted by molar-refractivity contribution is -0.147. The largest absolute Gasteiger partial charge is 0.454 e. The molecule has 0 atom stereocenters. The van der Waals surface area contributed by atoms with Gasteiger partial charge in [-0.2, -0.15) is 0 Å². The van der Waals surface area contributed by atoms with E-state index >= 15 is 0 Å². The molecule has 1 aromatic heterocycles. The molecule has 7 heteroatoms. The number of carbonyl (C=O) groups is 2. The number of carbonyl (C=O) groups excluding carboxylic acids is 2. The van der Waals surface area contributed by atoms with Crippen LogP contribution in [0.1, 0.15) is 18.4 Å². The van der Waals surface area contributed by atoms with Gasteiger partial charge in [0.2, 0.25) is 0 Å². The first-order valence-corrected chi connectivity index (χ1v) is 11.8. The van der Waals surface area contributed by atoms with Gasteiger partial charge in [0.05, 0.1) is 11.0 Å². The second-order valence-electron chi connectivity index (χ2n) is 8.85. The lowest BCUT2D eigenvalue weighted by Crippen LogP contribution is -2.24. The van der Waals surface area contributed by atoms with E-state index in [1.807, 2.05) is 31.2 Å². The number of esters is 1. The van der Waals surface area contributed by atoms with Crippen molar-refractivity contribution in [3.8, 4) is 0 Å². The van der Waals surface area contributed by atoms with E-state index in [0.29, 0.717) is 27.5 Å². The van der Waals surface area contributed by atoms with E-state index < -0.39 is 11.9 Å². The molecule has 0 radical (unpaired) electrons. The highest BCUT2D eigenvalue weighted by Crippen LogP contribution is 2.25. The van der Waals surface area contributed by atoms with Gasteiger partial charge in [-0.05, 0) is 67.8 Å². The minimum atomic E-state index is -0.555. The molecule has 0 bridgehead atoms. The van der Waals surface area contributed by atoms with Crippen LogP contribution in [-0.2, 0) is 20.9 Å². The van der Waals surface area contributed by atoms with Crippen molar-refractivity contribution in [3.63, 3.8) is 0 Å². The van der Waals surface area contributed by atoms with Crippen LogP contribution in [0.15, 0.2) is 71.5 Å². The second-order valence-corrected chi connectivity index (χ2v) is 8.85. The van der Waals surface area contributed by atoms with Gasteiger partial charge in [0, 0.05) is 35.2 Å². The molecule has 3 aromatic carbocycles. The quantitative estimate of drug-likeness (QED) is 0.337. The zero-order chi connectivity index (χ0) is 24.4. The summed E-state index contributed by atoms with van der Waals surface area (Å²) in [5, 5.41) is 3.90. The molecule has 1 amide bonds. The Labute approximate surface area is 202 Å². The van der Waals surface area contributed by atoms with Gasteiger partial charge in [-0.3, -0.25) is 14.4 Å². The van der Waals surface area contributed by atoms with Crippen LogP contribution in [0.4, 0.5) is 11.4 Å². The SMILES string of the molecule is Cc1cc(N2CCCC2)ccc1NC(=O)COC(=O)Cn1c2ccccc2c(=O)c2ccccc21. The summed E-state index contributed by atoms with van der Waals surface area (Å²) in [5.74, 6) is -0.954. The molecule has 2 heterocycles. The molecule has 4 aromatic rings. The molecular weight excluding hydrogens is 442 g/mol. The predicted octanol–water partition coefficient (Wildman–Crippen LogP) is 4.25. The van der Waals surface area contributed by atoms with Gasteiger partial charge in [-0.15, -0.1) is 0 Å². The maximum atomic E-state index is 12.9. The smallest absolute Gasteiger partial charge is 0.326 e. The fourth-order valence-electron chi connectivity index (χ4n) is 4.71. The molecule has 5 rings (SSSR count). The zero-order valence-corrected chi connectivity index (χ0v) is 19.6. The van der Waals surface area contributed by atoms with E-state index in [1.165, 1.54) is 12.8 Å². The first-order valence-electron chi connectivity index (χ1n) is 11.8. The maximum absolute atomic E-state index is 12.9. The molecule has 178 valence electrons. The number of benzene rings is 3. The molecule has 0 aliphatic carbocycles. The summed E-state index contributed by atoms with van der Waals surface area (Å²) in [6, 6.07) is 20.3. The van der Waals surface area contributed by atoms with E-state index in [-0.39, 0.29) is 18.6 Å². The summed E-state index contributed by atoms with van der Waals surface area (Å²) in [7, 11) is 0. The Morgan fingerprint density at radius 1 is 0.914 bits per heavy atom. The van der Waals surface area contributed by atoms with Gasteiger partial charge in [0.25, 0.3) is 5.91 Å². The Morgan fingerprint density at radius 3 is 2.17 bits per heavy atom. The number of nitrogens with one attached hydrogen (secondary N) is 1. The highest BCUT2D eigenvalue weighted by atomic mass is 16.5. The topological polar surface area (TPSA) is 80.6 Å². The molecule has 1 N–H and O–H groups in total. The average Bonchev–Trinajstić information content (AvgIpc) is 3.42. The monoisotopic (exact) mass is 469 g/mol. The van der Waals surface area contributed by atoms with E-state index in [2.05, 4.69) is 16.3 Å². The lowest BCUT2D eigenvalue weighted by atomic mass is 10.1. The van der Waals surface area contributed by atoms with Crippen molar-refractivity contribution < 1.29 is 14.3 Å². The second kappa shape index (κ2) is 9.62. The molecule has 0 saturated carbocycles. The Kier molecular flexibility index (Phi) is 6.23. The van der Waals surface area contributed by atoms with Crippen LogP contribution in [0.3, 0.4) is 0 Å². The minimum Gasteiger partial charge on any atom is -0.454 e. The summed E-state index contributed by atoms with van der Waals surface area (Å²) >= 11 is 0. The standard InChI is InChI=1S/C28H27N3O4/c1-19-16-20(30-14-6-7-15-30)12-13-23(19)29-26(32)18-35-27(33)17-31-24-10-4-2-8-21(24)28(34)22-9-3-5-11-25(22)31/h2-5,8-13,16H,6-7,14-15,17-18H2,1H3,(H,29,32). The number of para-hydroxylation sites is 2. The highest BCUT2D eigenvalue weighted by molar-refractivity contribution is 5.95. The number of rotatable bonds is 6.